The van der Waals surface area contributed by atoms with Gasteiger partial charge in [-0.15, -0.1) is 0 Å². The molecule has 0 aromatic carbocycles. The molecule has 1 rings (SSSR count). The van der Waals surface area contributed by atoms with Crippen LogP contribution in [0.25, 0.3) is 0 Å². The van der Waals surface area contributed by atoms with Gasteiger partial charge in [0.1, 0.15) is 6.20 Å². The predicted octanol–water partition coefficient (Wildman–Crippen LogP) is 0.456. The molecule has 0 unspecified atom stereocenters. The summed E-state index contributed by atoms with van der Waals surface area (Å²) in [7, 11) is 1.69. The fourth-order valence-electron chi connectivity index (χ4n) is 0.896. The first-order valence-electron chi connectivity index (χ1n) is 3.59. The second-order valence-electron chi connectivity index (χ2n) is 2.45. The van der Waals surface area contributed by atoms with E-state index in [1.807, 2.05) is 0 Å². The van der Waals surface area contributed by atoms with Crippen LogP contribution in [-0.4, -0.2) is 18.0 Å². The molecule has 0 saturated heterocycles. The zero-order valence-electron chi connectivity index (χ0n) is 7.03. The Balaban J connectivity index is 3.10. The van der Waals surface area contributed by atoms with Crippen LogP contribution in [0, 0.1) is 0 Å². The topological polar surface area (TPSA) is 53.2 Å². The van der Waals surface area contributed by atoms with Gasteiger partial charge in [0.2, 0.25) is 0 Å². The standard InChI is InChI=1S/C8H10N2O2/c1-6(11)7-3-4-8(9-2)10(12)5-7/h3-5,12H,1-2H3/p+1. The van der Waals surface area contributed by atoms with Crippen LogP contribution >= 0.6 is 0 Å². The van der Waals surface area contributed by atoms with Crippen LogP contribution in [0.1, 0.15) is 17.3 Å². The summed E-state index contributed by atoms with van der Waals surface area (Å²) in [5.74, 6) is 0.473. The second-order valence-corrected chi connectivity index (χ2v) is 2.45. The maximum absolute atomic E-state index is 10.9. The van der Waals surface area contributed by atoms with Crippen molar-refractivity contribution in [2.45, 2.75) is 6.92 Å². The van der Waals surface area contributed by atoms with E-state index in [0.29, 0.717) is 11.4 Å². The van der Waals surface area contributed by atoms with Crippen molar-refractivity contribution in [3.05, 3.63) is 23.9 Å². The molecule has 0 atom stereocenters. The van der Waals surface area contributed by atoms with Crippen LogP contribution in [0.15, 0.2) is 18.3 Å². The van der Waals surface area contributed by atoms with E-state index in [4.69, 9.17) is 0 Å². The average molecular weight is 167 g/mol. The molecule has 1 aromatic rings. The Bertz CT molecular complexity index is 310. The number of aromatic nitrogens is 1. The fraction of sp³-hybridized carbons (Fsp3) is 0.250. The highest BCUT2D eigenvalue weighted by Gasteiger charge is 2.08. The van der Waals surface area contributed by atoms with E-state index >= 15 is 0 Å². The Morgan fingerprint density at radius 2 is 2.25 bits per heavy atom. The van der Waals surface area contributed by atoms with Crippen molar-refractivity contribution >= 4 is 11.6 Å². The van der Waals surface area contributed by atoms with Crippen LogP contribution in [0.3, 0.4) is 0 Å². The Hall–Kier alpha value is -1.58. The molecule has 4 nitrogen and oxygen atoms in total. The first-order chi connectivity index (χ1) is 5.65. The average Bonchev–Trinajstić information content (AvgIpc) is 2.04. The molecule has 0 spiro atoms. The number of carbonyl (C=O) groups excluding carboxylic acids is 1. The lowest BCUT2D eigenvalue weighted by atomic mass is 10.2. The third-order valence-corrected chi connectivity index (χ3v) is 1.59. The van der Waals surface area contributed by atoms with Gasteiger partial charge in [0.25, 0.3) is 0 Å². The largest absolute Gasteiger partial charge is 0.350 e. The van der Waals surface area contributed by atoms with Crippen molar-refractivity contribution < 1.29 is 14.7 Å². The summed E-state index contributed by atoms with van der Waals surface area (Å²) in [4.78, 5) is 10.9. The fourth-order valence-corrected chi connectivity index (χ4v) is 0.896. The molecule has 1 heterocycles. The van der Waals surface area contributed by atoms with Gasteiger partial charge in [-0.1, -0.05) is 4.73 Å². The summed E-state index contributed by atoms with van der Waals surface area (Å²) in [6.07, 6.45) is 1.37. The highest BCUT2D eigenvalue weighted by atomic mass is 16.5. The summed E-state index contributed by atoms with van der Waals surface area (Å²) >= 11 is 0. The zero-order chi connectivity index (χ0) is 9.14. The number of rotatable bonds is 2. The van der Waals surface area contributed by atoms with Gasteiger partial charge in [-0.3, -0.25) is 10.1 Å². The molecule has 0 saturated carbocycles. The van der Waals surface area contributed by atoms with Crippen molar-refractivity contribution in [2.24, 2.45) is 0 Å². The summed E-state index contributed by atoms with van der Waals surface area (Å²) in [5.41, 5.74) is 0.483. The molecule has 1 aromatic heterocycles. The molecule has 0 aliphatic carbocycles. The van der Waals surface area contributed by atoms with Crippen LogP contribution in [0.4, 0.5) is 5.82 Å². The molecular formula is C8H11N2O2+. The SMILES string of the molecule is CNc1ccc(C(C)=O)c[n+]1O. The molecule has 12 heavy (non-hydrogen) atoms. The monoisotopic (exact) mass is 167 g/mol. The molecule has 4 heteroatoms. The maximum Gasteiger partial charge on any atom is 0.313 e. The van der Waals surface area contributed by atoms with Gasteiger partial charge in [0.05, 0.1) is 12.6 Å². The van der Waals surface area contributed by atoms with Crippen molar-refractivity contribution in [1.29, 1.82) is 0 Å². The Kier molecular flexibility index (Phi) is 2.28. The van der Waals surface area contributed by atoms with Crippen molar-refractivity contribution in [3.8, 4) is 0 Å². The minimum absolute atomic E-state index is 0.0690. The Morgan fingerprint density at radius 3 is 2.67 bits per heavy atom. The summed E-state index contributed by atoms with van der Waals surface area (Å²) in [6, 6.07) is 3.29. The molecule has 0 aliphatic rings. The third kappa shape index (κ3) is 1.53. The molecule has 0 radical (unpaired) electrons. The lowest BCUT2D eigenvalue weighted by molar-refractivity contribution is -0.893. The molecule has 0 fully saturated rings. The summed E-state index contributed by atoms with van der Waals surface area (Å²) < 4.78 is 0.886. The molecule has 64 valence electrons. The van der Waals surface area contributed by atoms with Crippen LogP contribution in [0.2, 0.25) is 0 Å². The van der Waals surface area contributed by atoms with E-state index in [0.717, 1.165) is 4.73 Å². The van der Waals surface area contributed by atoms with E-state index in [1.165, 1.54) is 13.1 Å². The van der Waals surface area contributed by atoms with E-state index in [1.54, 1.807) is 19.2 Å². The second kappa shape index (κ2) is 3.21. The van der Waals surface area contributed by atoms with Gasteiger partial charge < -0.3 is 5.21 Å². The van der Waals surface area contributed by atoms with E-state index in [-0.39, 0.29) is 5.78 Å². The summed E-state index contributed by atoms with van der Waals surface area (Å²) in [5, 5.41) is 12.0. The number of hydrogen-bond donors (Lipinski definition) is 2. The van der Waals surface area contributed by atoms with Gasteiger partial charge >= 0.3 is 5.82 Å². The lowest BCUT2D eigenvalue weighted by Crippen LogP contribution is -2.33. The number of nitrogens with zero attached hydrogens (tertiary/aromatic N) is 1. The minimum atomic E-state index is -0.0690. The van der Waals surface area contributed by atoms with Gasteiger partial charge in [0.15, 0.2) is 5.78 Å². The minimum Gasteiger partial charge on any atom is -0.350 e. The Morgan fingerprint density at radius 1 is 1.58 bits per heavy atom. The van der Waals surface area contributed by atoms with E-state index < -0.39 is 0 Å². The molecule has 0 aliphatic heterocycles. The summed E-state index contributed by atoms with van der Waals surface area (Å²) in [6.45, 7) is 1.45. The number of nitrogens with one attached hydrogen (secondary N) is 1. The molecule has 0 amide bonds. The van der Waals surface area contributed by atoms with Gasteiger partial charge in [0, 0.05) is 6.07 Å². The van der Waals surface area contributed by atoms with Crippen LogP contribution in [0.5, 0.6) is 0 Å². The molecule has 2 N–H and O–H groups in total. The Labute approximate surface area is 70.4 Å². The first kappa shape index (κ1) is 8.52. The smallest absolute Gasteiger partial charge is 0.313 e. The van der Waals surface area contributed by atoms with Gasteiger partial charge in [-0.05, 0) is 13.0 Å². The predicted molar refractivity (Wildman–Crippen MR) is 43.4 cm³/mol. The lowest BCUT2D eigenvalue weighted by Gasteiger charge is -1.97. The van der Waals surface area contributed by atoms with Crippen molar-refractivity contribution in [2.75, 3.05) is 12.4 Å². The quantitative estimate of drug-likeness (QED) is 0.382. The van der Waals surface area contributed by atoms with Gasteiger partial charge in [-0.2, -0.15) is 0 Å². The number of Topliss-reactive ketones (excluding diaryl/α,β-unsaturated/α-hetero) is 1. The number of carbonyl (C=O) groups is 1. The number of hydrogen-bond acceptors (Lipinski definition) is 3. The van der Waals surface area contributed by atoms with E-state index in [9.17, 15) is 10.0 Å². The zero-order valence-corrected chi connectivity index (χ0v) is 7.03. The van der Waals surface area contributed by atoms with Crippen molar-refractivity contribution in [3.63, 3.8) is 0 Å². The van der Waals surface area contributed by atoms with E-state index in [2.05, 4.69) is 5.32 Å². The highest BCUT2D eigenvalue weighted by Crippen LogP contribution is 2.01. The normalized spacial score (nSPS) is 9.50. The van der Waals surface area contributed by atoms with Crippen molar-refractivity contribution in [1.82, 2.24) is 0 Å². The number of anilines is 1. The van der Waals surface area contributed by atoms with Crippen LogP contribution in [-0.2, 0) is 0 Å². The third-order valence-electron chi connectivity index (χ3n) is 1.59. The molecule has 0 bridgehead atoms. The maximum atomic E-state index is 10.9. The van der Waals surface area contributed by atoms with Crippen LogP contribution < -0.4 is 10.0 Å². The van der Waals surface area contributed by atoms with Gasteiger partial charge in [-0.25, -0.2) is 0 Å². The number of ketones is 1. The molecular weight excluding hydrogens is 156 g/mol. The first-order valence-corrected chi connectivity index (χ1v) is 3.59. The number of pyridine rings is 1. The highest BCUT2D eigenvalue weighted by molar-refractivity contribution is 5.93.